The molecule has 2 rings (SSSR count). The fraction of sp³-hybridized carbons (Fsp3) is 0.857. The van der Waals surface area contributed by atoms with Crippen molar-refractivity contribution in [2.45, 2.75) is 57.5 Å². The van der Waals surface area contributed by atoms with Crippen molar-refractivity contribution in [2.24, 2.45) is 0 Å². The Kier molecular flexibility index (Phi) is 4.80. The summed E-state index contributed by atoms with van der Waals surface area (Å²) in [5.41, 5.74) is 0. The molecule has 0 saturated carbocycles. The number of nitrogens with zero attached hydrogens (tertiary/aromatic N) is 2. The number of likely N-dealkylation sites (tertiary alicyclic amines) is 2. The Morgan fingerprint density at radius 1 is 1.16 bits per heavy atom. The highest BCUT2D eigenvalue weighted by atomic mass is 16.4. The van der Waals surface area contributed by atoms with Gasteiger partial charge < -0.3 is 10.0 Å². The molecule has 2 fully saturated rings. The Hall–Kier alpha value is -1.10. The standard InChI is InChI=1S/C14H24N2O3/c1-2-11-6-3-4-9-16(11)13(17)10-15-8-5-7-12(15)14(18)19/h11-12H,2-10H2,1H3,(H,18,19)/t11?,12-/m0/s1. The van der Waals surface area contributed by atoms with Crippen LogP contribution >= 0.6 is 0 Å². The number of hydrogen-bond acceptors (Lipinski definition) is 3. The average molecular weight is 268 g/mol. The zero-order chi connectivity index (χ0) is 13.8. The molecule has 0 radical (unpaired) electrons. The van der Waals surface area contributed by atoms with Crippen LogP contribution in [-0.2, 0) is 9.59 Å². The van der Waals surface area contributed by atoms with Crippen molar-refractivity contribution in [2.75, 3.05) is 19.6 Å². The Balaban J connectivity index is 1.94. The number of amides is 1. The number of piperidine rings is 1. The minimum absolute atomic E-state index is 0.111. The number of rotatable bonds is 4. The van der Waals surface area contributed by atoms with Crippen molar-refractivity contribution in [3.8, 4) is 0 Å². The zero-order valence-electron chi connectivity index (χ0n) is 11.7. The van der Waals surface area contributed by atoms with Gasteiger partial charge in [0.25, 0.3) is 0 Å². The van der Waals surface area contributed by atoms with Gasteiger partial charge in [-0.25, -0.2) is 0 Å². The maximum atomic E-state index is 12.4. The fourth-order valence-electron chi connectivity index (χ4n) is 3.31. The summed E-state index contributed by atoms with van der Waals surface area (Å²) in [5.74, 6) is -0.685. The Bertz CT molecular complexity index is 346. The van der Waals surface area contributed by atoms with Crippen LogP contribution in [0.1, 0.15) is 45.4 Å². The number of carbonyl (C=O) groups excluding carboxylic acids is 1. The van der Waals surface area contributed by atoms with Gasteiger partial charge in [-0.15, -0.1) is 0 Å². The molecule has 0 aromatic heterocycles. The maximum Gasteiger partial charge on any atom is 0.320 e. The smallest absolute Gasteiger partial charge is 0.320 e. The van der Waals surface area contributed by atoms with Gasteiger partial charge in [0.2, 0.25) is 5.91 Å². The molecule has 5 heteroatoms. The first-order valence-electron chi connectivity index (χ1n) is 7.39. The molecule has 0 aliphatic carbocycles. The minimum atomic E-state index is -0.795. The zero-order valence-corrected chi connectivity index (χ0v) is 11.7. The molecule has 1 unspecified atom stereocenters. The highest BCUT2D eigenvalue weighted by Crippen LogP contribution is 2.22. The van der Waals surface area contributed by atoms with E-state index in [-0.39, 0.29) is 12.5 Å². The first-order valence-corrected chi connectivity index (χ1v) is 7.39. The van der Waals surface area contributed by atoms with E-state index in [0.29, 0.717) is 12.5 Å². The highest BCUT2D eigenvalue weighted by Gasteiger charge is 2.34. The molecule has 2 atom stereocenters. The van der Waals surface area contributed by atoms with Crippen LogP contribution in [0.15, 0.2) is 0 Å². The predicted molar refractivity (Wildman–Crippen MR) is 71.9 cm³/mol. The van der Waals surface area contributed by atoms with E-state index < -0.39 is 12.0 Å². The van der Waals surface area contributed by atoms with Gasteiger partial charge in [-0.2, -0.15) is 0 Å². The topological polar surface area (TPSA) is 60.9 Å². The van der Waals surface area contributed by atoms with Gasteiger partial charge in [0.05, 0.1) is 6.54 Å². The quantitative estimate of drug-likeness (QED) is 0.835. The number of carbonyl (C=O) groups is 2. The molecule has 2 saturated heterocycles. The normalized spacial score (nSPS) is 28.6. The highest BCUT2D eigenvalue weighted by molar-refractivity contribution is 5.80. The molecule has 0 spiro atoms. The maximum absolute atomic E-state index is 12.4. The van der Waals surface area contributed by atoms with Crippen molar-refractivity contribution in [3.63, 3.8) is 0 Å². The third-order valence-electron chi connectivity index (χ3n) is 4.41. The van der Waals surface area contributed by atoms with Crippen LogP contribution in [0, 0.1) is 0 Å². The van der Waals surface area contributed by atoms with Crippen LogP contribution in [-0.4, -0.2) is 58.5 Å². The first kappa shape index (κ1) is 14.3. The van der Waals surface area contributed by atoms with Crippen molar-refractivity contribution in [3.05, 3.63) is 0 Å². The Labute approximate surface area is 114 Å². The van der Waals surface area contributed by atoms with E-state index in [4.69, 9.17) is 5.11 Å². The monoisotopic (exact) mass is 268 g/mol. The molecule has 2 heterocycles. The van der Waals surface area contributed by atoms with Gasteiger partial charge in [-0.1, -0.05) is 6.92 Å². The van der Waals surface area contributed by atoms with Crippen molar-refractivity contribution in [1.82, 2.24) is 9.80 Å². The Morgan fingerprint density at radius 2 is 1.95 bits per heavy atom. The van der Waals surface area contributed by atoms with Crippen molar-refractivity contribution < 1.29 is 14.7 Å². The lowest BCUT2D eigenvalue weighted by atomic mass is 10.00. The van der Waals surface area contributed by atoms with Crippen LogP contribution in [0.4, 0.5) is 0 Å². The molecular formula is C14H24N2O3. The lowest BCUT2D eigenvalue weighted by Gasteiger charge is -2.36. The van der Waals surface area contributed by atoms with E-state index in [0.717, 1.165) is 38.8 Å². The summed E-state index contributed by atoms with van der Waals surface area (Å²) in [6.45, 7) is 3.95. The van der Waals surface area contributed by atoms with E-state index >= 15 is 0 Å². The molecule has 19 heavy (non-hydrogen) atoms. The number of hydrogen-bond donors (Lipinski definition) is 1. The number of aliphatic carboxylic acids is 1. The molecule has 0 aromatic carbocycles. The predicted octanol–water partition coefficient (Wildman–Crippen LogP) is 1.33. The van der Waals surface area contributed by atoms with E-state index in [1.807, 2.05) is 9.80 Å². The minimum Gasteiger partial charge on any atom is -0.480 e. The largest absolute Gasteiger partial charge is 0.480 e. The lowest BCUT2D eigenvalue weighted by Crippen LogP contribution is -2.49. The summed E-state index contributed by atoms with van der Waals surface area (Å²) < 4.78 is 0. The van der Waals surface area contributed by atoms with E-state index in [2.05, 4.69) is 6.92 Å². The van der Waals surface area contributed by atoms with Gasteiger partial charge in [-0.05, 0) is 45.1 Å². The molecular weight excluding hydrogens is 244 g/mol. The summed E-state index contributed by atoms with van der Waals surface area (Å²) in [6.07, 6.45) is 5.90. The van der Waals surface area contributed by atoms with Gasteiger partial charge in [0.1, 0.15) is 6.04 Å². The number of carboxylic acids is 1. The SMILES string of the molecule is CCC1CCCCN1C(=O)CN1CCC[C@H]1C(=O)O. The van der Waals surface area contributed by atoms with Gasteiger partial charge in [0, 0.05) is 12.6 Å². The summed E-state index contributed by atoms with van der Waals surface area (Å²) in [4.78, 5) is 27.3. The van der Waals surface area contributed by atoms with Crippen LogP contribution < -0.4 is 0 Å². The van der Waals surface area contributed by atoms with Crippen LogP contribution in [0.2, 0.25) is 0 Å². The lowest BCUT2D eigenvalue weighted by molar-refractivity contribution is -0.144. The summed E-state index contributed by atoms with van der Waals surface area (Å²) >= 11 is 0. The van der Waals surface area contributed by atoms with E-state index in [1.54, 1.807) is 0 Å². The van der Waals surface area contributed by atoms with Crippen molar-refractivity contribution in [1.29, 1.82) is 0 Å². The summed E-state index contributed by atoms with van der Waals surface area (Å²) in [6, 6.07) is -0.110. The van der Waals surface area contributed by atoms with Gasteiger partial charge >= 0.3 is 5.97 Å². The van der Waals surface area contributed by atoms with Crippen molar-refractivity contribution >= 4 is 11.9 Å². The second-order valence-electron chi connectivity index (χ2n) is 5.61. The molecule has 108 valence electrons. The third-order valence-corrected chi connectivity index (χ3v) is 4.41. The molecule has 2 aliphatic heterocycles. The summed E-state index contributed by atoms with van der Waals surface area (Å²) in [5, 5.41) is 9.14. The molecule has 5 nitrogen and oxygen atoms in total. The molecule has 1 amide bonds. The van der Waals surface area contributed by atoms with Gasteiger partial charge in [0.15, 0.2) is 0 Å². The second kappa shape index (κ2) is 6.37. The van der Waals surface area contributed by atoms with E-state index in [1.165, 1.54) is 6.42 Å². The van der Waals surface area contributed by atoms with Crippen LogP contribution in [0.3, 0.4) is 0 Å². The molecule has 1 N–H and O–H groups in total. The molecule has 0 bridgehead atoms. The van der Waals surface area contributed by atoms with Crippen LogP contribution in [0.25, 0.3) is 0 Å². The van der Waals surface area contributed by atoms with Crippen LogP contribution in [0.5, 0.6) is 0 Å². The van der Waals surface area contributed by atoms with E-state index in [9.17, 15) is 9.59 Å². The molecule has 0 aromatic rings. The number of carboxylic acid groups (broad SMARTS) is 1. The third kappa shape index (κ3) is 3.26. The molecule has 2 aliphatic rings. The summed E-state index contributed by atoms with van der Waals surface area (Å²) in [7, 11) is 0. The van der Waals surface area contributed by atoms with Gasteiger partial charge in [-0.3, -0.25) is 14.5 Å². The second-order valence-corrected chi connectivity index (χ2v) is 5.61. The fourth-order valence-corrected chi connectivity index (χ4v) is 3.31. The Morgan fingerprint density at radius 3 is 2.63 bits per heavy atom. The first-order chi connectivity index (χ1) is 9.13. The average Bonchev–Trinajstić information content (AvgIpc) is 2.87.